The Balaban J connectivity index is 1.60. The van der Waals surface area contributed by atoms with E-state index in [1.165, 1.54) is 12.8 Å². The molecule has 6 heteroatoms. The van der Waals surface area contributed by atoms with Gasteiger partial charge in [-0.1, -0.05) is 23.7 Å². The Labute approximate surface area is 128 Å². The Morgan fingerprint density at radius 3 is 3.00 bits per heavy atom. The molecule has 110 valence electrons. The number of aryl methyl sites for hydroxylation is 1. The molecule has 0 bridgehead atoms. The van der Waals surface area contributed by atoms with Crippen molar-refractivity contribution >= 4 is 17.5 Å². The Kier molecular flexibility index (Phi) is 3.92. The van der Waals surface area contributed by atoms with E-state index in [1.807, 2.05) is 23.6 Å². The third-order valence-electron chi connectivity index (χ3n) is 3.68. The number of amides is 1. The van der Waals surface area contributed by atoms with Crippen LogP contribution in [0.2, 0.25) is 5.02 Å². The molecule has 1 aliphatic carbocycles. The van der Waals surface area contributed by atoms with E-state index in [4.69, 9.17) is 11.6 Å². The Morgan fingerprint density at radius 2 is 2.29 bits per heavy atom. The van der Waals surface area contributed by atoms with Gasteiger partial charge in [0.05, 0.1) is 10.6 Å². The summed E-state index contributed by atoms with van der Waals surface area (Å²) in [5, 5.41) is 11.5. The molecule has 1 heterocycles. The SMILES string of the molecule is Cc1cccc(Cl)c1C(=O)NCCn1cnnc1C1CC1. The number of halogens is 1. The molecule has 1 fully saturated rings. The van der Waals surface area contributed by atoms with Gasteiger partial charge in [0, 0.05) is 19.0 Å². The van der Waals surface area contributed by atoms with Crippen LogP contribution in [0.1, 0.15) is 40.5 Å². The molecule has 3 rings (SSSR count). The van der Waals surface area contributed by atoms with Crippen LogP contribution in [0.5, 0.6) is 0 Å². The predicted octanol–water partition coefficient (Wildman–Crippen LogP) is 2.55. The van der Waals surface area contributed by atoms with Crippen LogP contribution >= 0.6 is 11.6 Å². The Bertz CT molecular complexity index is 643. The lowest BCUT2D eigenvalue weighted by atomic mass is 10.1. The third kappa shape index (κ3) is 3.08. The van der Waals surface area contributed by atoms with Gasteiger partial charge in [0.2, 0.25) is 0 Å². The number of benzene rings is 1. The minimum absolute atomic E-state index is 0.140. The standard InChI is InChI=1S/C15H17ClN4O/c1-10-3-2-4-12(16)13(10)15(21)17-7-8-20-9-18-19-14(20)11-5-6-11/h2-4,9,11H,5-8H2,1H3,(H,17,21). The molecule has 0 unspecified atom stereocenters. The average Bonchev–Trinajstić information content (AvgIpc) is 3.18. The Morgan fingerprint density at radius 1 is 1.48 bits per heavy atom. The maximum absolute atomic E-state index is 12.2. The van der Waals surface area contributed by atoms with E-state index < -0.39 is 0 Å². The van der Waals surface area contributed by atoms with Crippen LogP contribution in [0.4, 0.5) is 0 Å². The second-order valence-corrected chi connectivity index (χ2v) is 5.75. The predicted molar refractivity (Wildman–Crippen MR) is 80.5 cm³/mol. The largest absolute Gasteiger partial charge is 0.350 e. The molecule has 0 spiro atoms. The van der Waals surface area contributed by atoms with Gasteiger partial charge in [0.25, 0.3) is 5.91 Å². The van der Waals surface area contributed by atoms with Crippen LogP contribution in [0.15, 0.2) is 24.5 Å². The van der Waals surface area contributed by atoms with Gasteiger partial charge >= 0.3 is 0 Å². The van der Waals surface area contributed by atoms with Crippen molar-refractivity contribution in [3.05, 3.63) is 46.5 Å². The quantitative estimate of drug-likeness (QED) is 0.923. The van der Waals surface area contributed by atoms with Crippen molar-refractivity contribution < 1.29 is 4.79 Å². The zero-order chi connectivity index (χ0) is 14.8. The highest BCUT2D eigenvalue weighted by Crippen LogP contribution is 2.38. The van der Waals surface area contributed by atoms with Gasteiger partial charge in [-0.25, -0.2) is 0 Å². The number of hydrogen-bond donors (Lipinski definition) is 1. The van der Waals surface area contributed by atoms with Crippen molar-refractivity contribution in [2.24, 2.45) is 0 Å². The van der Waals surface area contributed by atoms with E-state index in [0.717, 1.165) is 11.4 Å². The molecule has 1 amide bonds. The van der Waals surface area contributed by atoms with Gasteiger partial charge in [-0.05, 0) is 31.4 Å². The van der Waals surface area contributed by atoms with E-state index in [1.54, 1.807) is 12.4 Å². The number of carbonyl (C=O) groups is 1. The molecule has 1 N–H and O–H groups in total. The molecular formula is C15H17ClN4O. The maximum atomic E-state index is 12.2. The van der Waals surface area contributed by atoms with E-state index >= 15 is 0 Å². The smallest absolute Gasteiger partial charge is 0.253 e. The van der Waals surface area contributed by atoms with Crippen LogP contribution in [0, 0.1) is 6.92 Å². The summed E-state index contributed by atoms with van der Waals surface area (Å²) in [6.07, 6.45) is 4.09. The van der Waals surface area contributed by atoms with Crippen molar-refractivity contribution in [1.29, 1.82) is 0 Å². The summed E-state index contributed by atoms with van der Waals surface area (Å²) in [6.45, 7) is 3.08. The maximum Gasteiger partial charge on any atom is 0.253 e. The highest BCUT2D eigenvalue weighted by Gasteiger charge is 2.28. The molecule has 5 nitrogen and oxygen atoms in total. The molecule has 0 radical (unpaired) electrons. The minimum Gasteiger partial charge on any atom is -0.350 e. The summed E-state index contributed by atoms with van der Waals surface area (Å²) in [4.78, 5) is 12.2. The molecule has 0 saturated heterocycles. The zero-order valence-corrected chi connectivity index (χ0v) is 12.6. The fourth-order valence-electron chi connectivity index (χ4n) is 2.39. The number of nitrogens with zero attached hydrogens (tertiary/aromatic N) is 3. The second kappa shape index (κ2) is 5.85. The van der Waals surface area contributed by atoms with Crippen LogP contribution in [-0.4, -0.2) is 27.2 Å². The van der Waals surface area contributed by atoms with E-state index in [-0.39, 0.29) is 5.91 Å². The van der Waals surface area contributed by atoms with Crippen molar-refractivity contribution in [3.8, 4) is 0 Å². The topological polar surface area (TPSA) is 59.8 Å². The molecule has 1 aromatic carbocycles. The fourth-order valence-corrected chi connectivity index (χ4v) is 2.70. The first-order valence-electron chi connectivity index (χ1n) is 7.08. The monoisotopic (exact) mass is 304 g/mol. The van der Waals surface area contributed by atoms with Crippen molar-refractivity contribution in [3.63, 3.8) is 0 Å². The van der Waals surface area contributed by atoms with E-state index in [2.05, 4.69) is 15.5 Å². The lowest BCUT2D eigenvalue weighted by Gasteiger charge is -2.10. The van der Waals surface area contributed by atoms with Gasteiger partial charge in [0.15, 0.2) is 0 Å². The summed E-state index contributed by atoms with van der Waals surface area (Å²) >= 11 is 6.09. The van der Waals surface area contributed by atoms with Gasteiger partial charge in [0.1, 0.15) is 12.2 Å². The van der Waals surface area contributed by atoms with Crippen molar-refractivity contribution in [2.75, 3.05) is 6.54 Å². The first-order chi connectivity index (χ1) is 10.2. The number of hydrogen-bond acceptors (Lipinski definition) is 3. The van der Waals surface area contributed by atoms with E-state index in [0.29, 0.717) is 29.6 Å². The molecule has 2 aromatic rings. The average molecular weight is 305 g/mol. The zero-order valence-electron chi connectivity index (χ0n) is 11.8. The number of nitrogens with one attached hydrogen (secondary N) is 1. The van der Waals surface area contributed by atoms with Crippen LogP contribution < -0.4 is 5.32 Å². The summed E-state index contributed by atoms with van der Waals surface area (Å²) in [7, 11) is 0. The minimum atomic E-state index is -0.140. The number of aromatic nitrogens is 3. The lowest BCUT2D eigenvalue weighted by Crippen LogP contribution is -2.28. The highest BCUT2D eigenvalue weighted by atomic mass is 35.5. The summed E-state index contributed by atoms with van der Waals surface area (Å²) in [5.41, 5.74) is 1.42. The molecule has 1 aliphatic rings. The Hall–Kier alpha value is -1.88. The number of rotatable bonds is 5. The summed E-state index contributed by atoms with van der Waals surface area (Å²) in [5.74, 6) is 1.44. The first kappa shape index (κ1) is 14.1. The summed E-state index contributed by atoms with van der Waals surface area (Å²) < 4.78 is 2.01. The fraction of sp³-hybridized carbons (Fsp3) is 0.400. The lowest BCUT2D eigenvalue weighted by molar-refractivity contribution is 0.0951. The van der Waals surface area contributed by atoms with Gasteiger partial charge in [-0.2, -0.15) is 0 Å². The van der Waals surface area contributed by atoms with Crippen LogP contribution in [0.25, 0.3) is 0 Å². The van der Waals surface area contributed by atoms with Gasteiger partial charge < -0.3 is 9.88 Å². The normalized spacial score (nSPS) is 14.2. The first-order valence-corrected chi connectivity index (χ1v) is 7.45. The highest BCUT2D eigenvalue weighted by molar-refractivity contribution is 6.34. The van der Waals surface area contributed by atoms with Gasteiger partial charge in [-0.15, -0.1) is 10.2 Å². The third-order valence-corrected chi connectivity index (χ3v) is 3.99. The van der Waals surface area contributed by atoms with Crippen molar-refractivity contribution in [2.45, 2.75) is 32.2 Å². The van der Waals surface area contributed by atoms with E-state index in [9.17, 15) is 4.79 Å². The van der Waals surface area contributed by atoms with Crippen LogP contribution in [0.3, 0.4) is 0 Å². The molecule has 0 atom stereocenters. The molecular weight excluding hydrogens is 288 g/mol. The summed E-state index contributed by atoms with van der Waals surface area (Å²) in [6, 6.07) is 5.45. The molecule has 0 aliphatic heterocycles. The second-order valence-electron chi connectivity index (χ2n) is 5.34. The number of carbonyl (C=O) groups excluding carboxylic acids is 1. The van der Waals surface area contributed by atoms with Gasteiger partial charge in [-0.3, -0.25) is 4.79 Å². The van der Waals surface area contributed by atoms with Crippen LogP contribution in [-0.2, 0) is 6.54 Å². The van der Waals surface area contributed by atoms with Crippen molar-refractivity contribution in [1.82, 2.24) is 20.1 Å². The molecule has 1 saturated carbocycles. The molecule has 21 heavy (non-hydrogen) atoms. The molecule has 1 aromatic heterocycles.